The minimum absolute atomic E-state index is 0.295. The molecule has 1 aliphatic rings. The Balaban J connectivity index is 2.48. The summed E-state index contributed by atoms with van der Waals surface area (Å²) in [4.78, 5) is 2.20. The van der Waals surface area contributed by atoms with Crippen LogP contribution in [0.25, 0.3) is 0 Å². The standard InChI is InChI=1S/C11H23N3O/c1-8-4-9(2)6-10(5-8)14(3)7-11(12)13-15/h8-10,15H,4-7H2,1-3H3,(H2,12,13). The predicted octanol–water partition coefficient (Wildman–Crippen LogP) is 1.49. The molecule has 0 spiro atoms. The van der Waals surface area contributed by atoms with Crippen molar-refractivity contribution >= 4 is 5.84 Å². The average Bonchev–Trinajstić information content (AvgIpc) is 2.16. The van der Waals surface area contributed by atoms with Crippen molar-refractivity contribution in [1.82, 2.24) is 4.90 Å². The molecule has 0 aromatic carbocycles. The first-order chi connectivity index (χ1) is 7.02. The highest BCUT2D eigenvalue weighted by Crippen LogP contribution is 2.30. The Morgan fingerprint density at radius 2 is 1.87 bits per heavy atom. The van der Waals surface area contributed by atoms with Crippen LogP contribution in [0.2, 0.25) is 0 Å². The molecule has 1 aliphatic carbocycles. The largest absolute Gasteiger partial charge is 0.409 e. The Hall–Kier alpha value is -0.770. The van der Waals surface area contributed by atoms with Gasteiger partial charge in [0.05, 0.1) is 6.54 Å². The van der Waals surface area contributed by atoms with Gasteiger partial charge >= 0.3 is 0 Å². The van der Waals surface area contributed by atoms with Crippen LogP contribution in [-0.2, 0) is 0 Å². The first kappa shape index (κ1) is 12.3. The van der Waals surface area contributed by atoms with E-state index in [1.54, 1.807) is 0 Å². The lowest BCUT2D eigenvalue weighted by atomic mass is 9.80. The van der Waals surface area contributed by atoms with E-state index in [0.717, 1.165) is 11.8 Å². The van der Waals surface area contributed by atoms with E-state index in [1.807, 2.05) is 7.05 Å². The van der Waals surface area contributed by atoms with E-state index in [9.17, 15) is 0 Å². The van der Waals surface area contributed by atoms with Crippen molar-refractivity contribution in [3.05, 3.63) is 0 Å². The molecule has 15 heavy (non-hydrogen) atoms. The molecule has 0 aliphatic heterocycles. The van der Waals surface area contributed by atoms with E-state index in [2.05, 4.69) is 23.9 Å². The van der Waals surface area contributed by atoms with Crippen LogP contribution in [0.3, 0.4) is 0 Å². The summed E-state index contributed by atoms with van der Waals surface area (Å²) in [6.07, 6.45) is 3.77. The molecule has 0 aromatic rings. The third kappa shape index (κ3) is 3.70. The van der Waals surface area contributed by atoms with E-state index in [0.29, 0.717) is 18.4 Å². The maximum atomic E-state index is 8.52. The highest BCUT2D eigenvalue weighted by molar-refractivity contribution is 5.81. The first-order valence-electron chi connectivity index (χ1n) is 5.69. The van der Waals surface area contributed by atoms with Gasteiger partial charge in [0.1, 0.15) is 0 Å². The van der Waals surface area contributed by atoms with E-state index >= 15 is 0 Å². The zero-order chi connectivity index (χ0) is 11.4. The van der Waals surface area contributed by atoms with Crippen LogP contribution in [0.1, 0.15) is 33.1 Å². The van der Waals surface area contributed by atoms with Crippen molar-refractivity contribution in [2.45, 2.75) is 39.2 Å². The van der Waals surface area contributed by atoms with Crippen molar-refractivity contribution in [1.29, 1.82) is 0 Å². The maximum absolute atomic E-state index is 8.52. The zero-order valence-electron chi connectivity index (χ0n) is 9.98. The quantitative estimate of drug-likeness (QED) is 0.323. The van der Waals surface area contributed by atoms with Gasteiger partial charge in [0.2, 0.25) is 0 Å². The molecule has 1 rings (SSSR count). The smallest absolute Gasteiger partial charge is 0.153 e. The SMILES string of the molecule is CC1CC(C)CC(N(C)CC(N)=NO)C1. The van der Waals surface area contributed by atoms with Gasteiger partial charge < -0.3 is 10.9 Å². The lowest BCUT2D eigenvalue weighted by Crippen LogP contribution is -2.42. The fourth-order valence-corrected chi connectivity index (χ4v) is 2.68. The molecule has 0 aromatic heterocycles. The van der Waals surface area contributed by atoms with Crippen LogP contribution in [-0.4, -0.2) is 35.6 Å². The number of hydrogen-bond acceptors (Lipinski definition) is 3. The first-order valence-corrected chi connectivity index (χ1v) is 5.69. The Morgan fingerprint density at radius 3 is 2.33 bits per heavy atom. The summed E-state index contributed by atoms with van der Waals surface area (Å²) < 4.78 is 0. The van der Waals surface area contributed by atoms with Gasteiger partial charge in [-0.1, -0.05) is 19.0 Å². The highest BCUT2D eigenvalue weighted by atomic mass is 16.4. The van der Waals surface area contributed by atoms with E-state index < -0.39 is 0 Å². The van der Waals surface area contributed by atoms with Gasteiger partial charge in [0, 0.05) is 6.04 Å². The molecule has 2 unspecified atom stereocenters. The molecule has 4 heteroatoms. The Kier molecular flexibility index (Phi) is 4.39. The second-order valence-electron chi connectivity index (χ2n) is 5.08. The van der Waals surface area contributed by atoms with Crippen LogP contribution < -0.4 is 5.73 Å². The molecule has 1 fully saturated rings. The topological polar surface area (TPSA) is 61.8 Å². The average molecular weight is 213 g/mol. The van der Waals surface area contributed by atoms with Gasteiger partial charge in [-0.3, -0.25) is 4.90 Å². The van der Waals surface area contributed by atoms with Crippen molar-refractivity contribution in [2.24, 2.45) is 22.7 Å². The fraction of sp³-hybridized carbons (Fsp3) is 0.909. The highest BCUT2D eigenvalue weighted by Gasteiger charge is 2.26. The van der Waals surface area contributed by atoms with Crippen molar-refractivity contribution < 1.29 is 5.21 Å². The van der Waals surface area contributed by atoms with Crippen LogP contribution in [0.15, 0.2) is 5.16 Å². The van der Waals surface area contributed by atoms with Gasteiger partial charge in [-0.15, -0.1) is 0 Å². The Labute approximate surface area is 92.1 Å². The zero-order valence-corrected chi connectivity index (χ0v) is 9.98. The number of nitrogens with zero attached hydrogens (tertiary/aromatic N) is 2. The summed E-state index contributed by atoms with van der Waals surface area (Å²) in [5, 5.41) is 11.5. The molecule has 4 nitrogen and oxygen atoms in total. The summed E-state index contributed by atoms with van der Waals surface area (Å²) in [7, 11) is 2.05. The fourth-order valence-electron chi connectivity index (χ4n) is 2.68. The third-order valence-corrected chi connectivity index (χ3v) is 3.32. The molecule has 0 radical (unpaired) electrons. The van der Waals surface area contributed by atoms with Crippen molar-refractivity contribution in [3.63, 3.8) is 0 Å². The molecule has 0 heterocycles. The van der Waals surface area contributed by atoms with Crippen molar-refractivity contribution in [2.75, 3.05) is 13.6 Å². The summed E-state index contributed by atoms with van der Waals surface area (Å²) in [6.45, 7) is 5.17. The van der Waals surface area contributed by atoms with Gasteiger partial charge in [-0.05, 0) is 38.1 Å². The van der Waals surface area contributed by atoms with E-state index in [1.165, 1.54) is 19.3 Å². The lowest BCUT2D eigenvalue weighted by molar-refractivity contribution is 0.146. The van der Waals surface area contributed by atoms with E-state index in [4.69, 9.17) is 10.9 Å². The van der Waals surface area contributed by atoms with Gasteiger partial charge in [-0.2, -0.15) is 0 Å². The minimum Gasteiger partial charge on any atom is -0.409 e. The van der Waals surface area contributed by atoms with Crippen LogP contribution in [0.5, 0.6) is 0 Å². The number of likely N-dealkylation sites (N-methyl/N-ethyl adjacent to an activating group) is 1. The lowest BCUT2D eigenvalue weighted by Gasteiger charge is -2.37. The third-order valence-electron chi connectivity index (χ3n) is 3.32. The molecule has 0 bridgehead atoms. The number of oxime groups is 1. The normalized spacial score (nSPS) is 33.3. The molecular formula is C11H23N3O. The summed E-state index contributed by atoms with van der Waals surface area (Å²) >= 11 is 0. The molecular weight excluding hydrogens is 190 g/mol. The van der Waals surface area contributed by atoms with Gasteiger partial charge in [-0.25, -0.2) is 0 Å². The molecule has 1 saturated carbocycles. The molecule has 2 atom stereocenters. The predicted molar refractivity (Wildman–Crippen MR) is 62.0 cm³/mol. The summed E-state index contributed by atoms with van der Waals surface area (Å²) in [5.74, 6) is 1.87. The number of rotatable bonds is 3. The number of hydrogen-bond donors (Lipinski definition) is 2. The van der Waals surface area contributed by atoms with Crippen molar-refractivity contribution in [3.8, 4) is 0 Å². The Morgan fingerprint density at radius 1 is 1.33 bits per heavy atom. The summed E-state index contributed by atoms with van der Waals surface area (Å²) in [5.41, 5.74) is 5.51. The monoisotopic (exact) mass is 213 g/mol. The van der Waals surface area contributed by atoms with E-state index in [-0.39, 0.29) is 0 Å². The van der Waals surface area contributed by atoms with Crippen LogP contribution >= 0.6 is 0 Å². The molecule has 88 valence electrons. The van der Waals surface area contributed by atoms with Gasteiger partial charge in [0.25, 0.3) is 0 Å². The Bertz CT molecular complexity index is 220. The number of amidine groups is 1. The van der Waals surface area contributed by atoms with Crippen LogP contribution in [0, 0.1) is 11.8 Å². The maximum Gasteiger partial charge on any atom is 0.153 e. The number of nitrogens with two attached hydrogens (primary N) is 1. The minimum atomic E-state index is 0.295. The molecule has 3 N–H and O–H groups in total. The second kappa shape index (κ2) is 5.35. The second-order valence-corrected chi connectivity index (χ2v) is 5.08. The van der Waals surface area contributed by atoms with Gasteiger partial charge in [0.15, 0.2) is 5.84 Å². The molecule has 0 amide bonds. The van der Waals surface area contributed by atoms with Crippen LogP contribution in [0.4, 0.5) is 0 Å². The summed E-state index contributed by atoms with van der Waals surface area (Å²) in [6, 6.07) is 0.573. The molecule has 0 saturated heterocycles.